The summed E-state index contributed by atoms with van der Waals surface area (Å²) < 4.78 is 10.4. The number of methoxy groups -OCH3 is 1. The van der Waals surface area contributed by atoms with Gasteiger partial charge in [-0.25, -0.2) is 0 Å². The largest absolute Gasteiger partial charge is 0.496 e. The zero-order valence-corrected chi connectivity index (χ0v) is 15.3. The maximum Gasteiger partial charge on any atom is 0.326 e. The number of nitrogens with zero attached hydrogens (tertiary/aromatic N) is 1. The van der Waals surface area contributed by atoms with E-state index in [9.17, 15) is 19.2 Å². The zero-order valence-electron chi connectivity index (χ0n) is 15.3. The van der Waals surface area contributed by atoms with Crippen LogP contribution >= 0.6 is 0 Å². The summed E-state index contributed by atoms with van der Waals surface area (Å²) in [5.41, 5.74) is 1.01. The van der Waals surface area contributed by atoms with Crippen LogP contribution in [-0.2, 0) is 25.7 Å². The molecule has 1 saturated heterocycles. The molecule has 1 aromatic rings. The van der Waals surface area contributed by atoms with Crippen molar-refractivity contribution >= 4 is 23.6 Å². The fourth-order valence-electron chi connectivity index (χ4n) is 3.47. The van der Waals surface area contributed by atoms with Gasteiger partial charge in [-0.2, -0.15) is 0 Å². The van der Waals surface area contributed by atoms with Crippen LogP contribution in [0.5, 0.6) is 5.75 Å². The number of ether oxygens (including phenoxy) is 2. The maximum absolute atomic E-state index is 12.4. The Morgan fingerprint density at radius 3 is 2.30 bits per heavy atom. The Morgan fingerprint density at radius 1 is 1.11 bits per heavy atom. The summed E-state index contributed by atoms with van der Waals surface area (Å²) in [5.74, 6) is -1.69. The lowest BCUT2D eigenvalue weighted by molar-refractivity contribution is -0.153. The average molecular weight is 371 g/mol. The number of hydrogen-bond acceptors (Lipinski definition) is 6. The molecule has 2 amide bonds. The van der Waals surface area contributed by atoms with Crippen LogP contribution in [0.15, 0.2) is 30.4 Å². The first-order valence-corrected chi connectivity index (χ1v) is 8.76. The number of carbonyl (C=O) groups excluding carboxylic acids is 4. The van der Waals surface area contributed by atoms with Gasteiger partial charge in [0.2, 0.25) is 11.8 Å². The Hall–Kier alpha value is -2.96. The van der Waals surface area contributed by atoms with Crippen LogP contribution in [0.2, 0.25) is 0 Å². The van der Waals surface area contributed by atoms with Crippen molar-refractivity contribution < 1.29 is 28.7 Å². The normalized spacial score (nSPS) is 21.2. The van der Waals surface area contributed by atoms with E-state index < -0.39 is 12.5 Å². The third-order valence-electron chi connectivity index (χ3n) is 4.96. The highest BCUT2D eigenvalue weighted by molar-refractivity contribution is 6.07. The third-order valence-corrected chi connectivity index (χ3v) is 4.96. The Morgan fingerprint density at radius 2 is 1.74 bits per heavy atom. The summed E-state index contributed by atoms with van der Waals surface area (Å²) in [5, 5.41) is 0. The molecule has 1 fully saturated rings. The van der Waals surface area contributed by atoms with Crippen LogP contribution < -0.4 is 4.74 Å². The van der Waals surface area contributed by atoms with Crippen LogP contribution in [0.1, 0.15) is 35.7 Å². The number of fused-ring (bicyclic) bond motifs is 1. The van der Waals surface area contributed by atoms with Crippen LogP contribution in [-0.4, -0.2) is 42.1 Å². The van der Waals surface area contributed by atoms with Gasteiger partial charge >= 0.3 is 5.97 Å². The van der Waals surface area contributed by atoms with Gasteiger partial charge in [-0.3, -0.25) is 24.1 Å². The van der Waals surface area contributed by atoms with Gasteiger partial charge in [-0.1, -0.05) is 12.2 Å². The highest BCUT2D eigenvalue weighted by Gasteiger charge is 2.47. The van der Waals surface area contributed by atoms with Crippen molar-refractivity contribution in [3.63, 3.8) is 0 Å². The average Bonchev–Trinajstić information content (AvgIpc) is 2.91. The second-order valence-electron chi connectivity index (χ2n) is 6.66. The fraction of sp³-hybridized carbons (Fsp3) is 0.400. The second-order valence-corrected chi connectivity index (χ2v) is 6.66. The van der Waals surface area contributed by atoms with Crippen LogP contribution in [0.3, 0.4) is 0 Å². The summed E-state index contributed by atoms with van der Waals surface area (Å²) in [6.07, 6.45) is 4.83. The van der Waals surface area contributed by atoms with Crippen molar-refractivity contribution in [1.82, 2.24) is 4.90 Å². The molecule has 3 rings (SSSR count). The minimum Gasteiger partial charge on any atom is -0.496 e. The van der Waals surface area contributed by atoms with Crippen molar-refractivity contribution in [3.05, 3.63) is 41.5 Å². The molecular weight excluding hydrogens is 350 g/mol. The smallest absolute Gasteiger partial charge is 0.326 e. The molecule has 2 unspecified atom stereocenters. The molecule has 1 aliphatic heterocycles. The Balaban J connectivity index is 1.64. The lowest BCUT2D eigenvalue weighted by Gasteiger charge is -2.15. The molecule has 7 nitrogen and oxygen atoms in total. The molecule has 0 N–H and O–H groups in total. The number of allylic oxidation sites excluding steroid dienone is 2. The van der Waals surface area contributed by atoms with Crippen molar-refractivity contribution in [3.8, 4) is 5.75 Å². The summed E-state index contributed by atoms with van der Waals surface area (Å²) in [6, 6.07) is 4.86. The molecule has 1 aliphatic carbocycles. The summed E-state index contributed by atoms with van der Waals surface area (Å²) >= 11 is 0. The van der Waals surface area contributed by atoms with E-state index in [-0.39, 0.29) is 36.0 Å². The number of imide groups is 1. The van der Waals surface area contributed by atoms with Gasteiger partial charge in [-0.15, -0.1) is 0 Å². The van der Waals surface area contributed by atoms with Gasteiger partial charge in [0, 0.05) is 11.1 Å². The first-order valence-electron chi connectivity index (χ1n) is 8.76. The van der Waals surface area contributed by atoms with Gasteiger partial charge in [-0.05, 0) is 38.0 Å². The molecule has 1 aromatic carbocycles. The predicted molar refractivity (Wildman–Crippen MR) is 94.9 cm³/mol. The number of benzene rings is 1. The maximum atomic E-state index is 12.4. The fourth-order valence-corrected chi connectivity index (χ4v) is 3.47. The summed E-state index contributed by atoms with van der Waals surface area (Å²) in [4.78, 5) is 49.5. The Bertz CT molecular complexity index is 802. The molecule has 1 heterocycles. The van der Waals surface area contributed by atoms with E-state index in [1.165, 1.54) is 14.0 Å². The molecule has 2 aliphatic rings. The molecule has 0 spiro atoms. The van der Waals surface area contributed by atoms with Crippen molar-refractivity contribution in [2.75, 3.05) is 13.7 Å². The van der Waals surface area contributed by atoms with Crippen molar-refractivity contribution in [2.45, 2.75) is 26.4 Å². The first-order chi connectivity index (χ1) is 12.9. The van der Waals surface area contributed by atoms with Crippen molar-refractivity contribution in [2.24, 2.45) is 11.8 Å². The predicted octanol–water partition coefficient (Wildman–Crippen LogP) is 1.89. The molecule has 7 heteroatoms. The number of hydrogen-bond donors (Lipinski definition) is 0. The van der Waals surface area contributed by atoms with Gasteiger partial charge in [0.25, 0.3) is 0 Å². The first kappa shape index (κ1) is 18.8. The third kappa shape index (κ3) is 3.77. The lowest BCUT2D eigenvalue weighted by atomic mass is 9.85. The molecule has 0 aromatic heterocycles. The van der Waals surface area contributed by atoms with E-state index in [0.29, 0.717) is 29.7 Å². The Kier molecular flexibility index (Phi) is 5.39. The Labute approximate surface area is 156 Å². The molecule has 2 atom stereocenters. The van der Waals surface area contributed by atoms with E-state index in [1.54, 1.807) is 18.2 Å². The minimum absolute atomic E-state index is 0.116. The van der Waals surface area contributed by atoms with Crippen LogP contribution in [0.4, 0.5) is 0 Å². The van der Waals surface area contributed by atoms with E-state index >= 15 is 0 Å². The van der Waals surface area contributed by atoms with Crippen LogP contribution in [0.25, 0.3) is 0 Å². The number of Topliss-reactive ketones (excluding diaryl/α,β-unsaturated/α-hetero) is 1. The van der Waals surface area contributed by atoms with Gasteiger partial charge in [0.05, 0.1) is 18.9 Å². The minimum atomic E-state index is -0.682. The lowest BCUT2D eigenvalue weighted by Crippen LogP contribution is -2.36. The highest BCUT2D eigenvalue weighted by Crippen LogP contribution is 2.34. The van der Waals surface area contributed by atoms with Gasteiger partial charge in [0.15, 0.2) is 5.78 Å². The standard InChI is InChI=1S/C20H21NO6/c1-12(22)13-7-8-17(26-2)14(9-13)11-27-18(23)10-21-19(24)15-5-3-4-6-16(15)20(21)25/h3-4,7-9,15-16H,5-6,10-11H2,1-2H3. The molecular formula is C20H21NO6. The zero-order chi connectivity index (χ0) is 19.6. The molecule has 142 valence electrons. The number of rotatable bonds is 6. The molecule has 0 saturated carbocycles. The van der Waals surface area contributed by atoms with E-state index in [4.69, 9.17) is 9.47 Å². The topological polar surface area (TPSA) is 90.0 Å². The summed E-state index contributed by atoms with van der Waals surface area (Å²) in [7, 11) is 1.48. The number of likely N-dealkylation sites (tertiary alicyclic amines) is 1. The highest BCUT2D eigenvalue weighted by atomic mass is 16.5. The van der Waals surface area contributed by atoms with Gasteiger partial charge < -0.3 is 9.47 Å². The number of ketones is 1. The number of amides is 2. The van der Waals surface area contributed by atoms with E-state index in [2.05, 4.69) is 0 Å². The van der Waals surface area contributed by atoms with E-state index in [1.807, 2.05) is 12.2 Å². The van der Waals surface area contributed by atoms with Gasteiger partial charge in [0.1, 0.15) is 18.9 Å². The number of esters is 1. The van der Waals surface area contributed by atoms with Crippen molar-refractivity contribution in [1.29, 1.82) is 0 Å². The second kappa shape index (κ2) is 7.73. The SMILES string of the molecule is COc1ccc(C(C)=O)cc1COC(=O)CN1C(=O)C2CC=CCC2C1=O. The summed E-state index contributed by atoms with van der Waals surface area (Å²) in [6.45, 7) is 0.920. The molecule has 0 bridgehead atoms. The van der Waals surface area contributed by atoms with E-state index in [0.717, 1.165) is 4.90 Å². The van der Waals surface area contributed by atoms with Crippen LogP contribution in [0, 0.1) is 11.8 Å². The molecule has 0 radical (unpaired) electrons. The number of carbonyl (C=O) groups is 4. The molecule has 27 heavy (non-hydrogen) atoms. The quantitative estimate of drug-likeness (QED) is 0.328. The monoisotopic (exact) mass is 371 g/mol.